The molecule has 0 amide bonds. The van der Waals surface area contributed by atoms with E-state index >= 15 is 0 Å². The minimum atomic E-state index is -0.144. The SMILES string of the molecule is CC1(C)c2ccccc2-c2c(N(c3ccccc3)c3cc(N(c4ccccc4)c4ccccc4)c4c5ccccc5n(-c5ccc(-c6ccccc6)cc5)c4c3)cccc21. The first-order chi connectivity index (χ1) is 29.6. The summed E-state index contributed by atoms with van der Waals surface area (Å²) in [5, 5.41) is 2.38. The van der Waals surface area contributed by atoms with E-state index in [-0.39, 0.29) is 5.41 Å². The molecule has 0 saturated heterocycles. The third kappa shape index (κ3) is 5.73. The summed E-state index contributed by atoms with van der Waals surface area (Å²) in [6.45, 7) is 4.72. The average Bonchev–Trinajstić information content (AvgIpc) is 3.77. The Morgan fingerprint density at radius 1 is 0.383 bits per heavy atom. The molecule has 0 radical (unpaired) electrons. The largest absolute Gasteiger partial charge is 0.310 e. The number of benzene rings is 9. The lowest BCUT2D eigenvalue weighted by atomic mass is 9.82. The van der Waals surface area contributed by atoms with E-state index < -0.39 is 0 Å². The highest BCUT2D eigenvalue weighted by Gasteiger charge is 2.38. The monoisotopic (exact) mass is 769 g/mol. The Morgan fingerprint density at radius 3 is 1.55 bits per heavy atom. The fourth-order valence-electron chi connectivity index (χ4n) is 9.58. The number of nitrogens with zero attached hydrogens (tertiary/aromatic N) is 3. The van der Waals surface area contributed by atoms with Gasteiger partial charge in [0.15, 0.2) is 0 Å². The normalized spacial score (nSPS) is 12.6. The van der Waals surface area contributed by atoms with Crippen molar-refractivity contribution in [3.63, 3.8) is 0 Å². The molecule has 3 heteroatoms. The highest BCUT2D eigenvalue weighted by molar-refractivity contribution is 6.18. The standard InChI is InChI=1S/C57H43N3/c1-57(2)49-30-17-15-28-47(49)55-50(57)31-19-33-52(55)59(44-26-13-6-14-27-44)46-38-53(58(42-22-9-4-10-23-42)43-24-11-5-12-25-43)56-48-29-16-18-32-51(48)60(54(56)39-46)45-36-34-41(35-37-45)40-20-7-3-8-21-40/h3-39H,1-2H3. The zero-order valence-electron chi connectivity index (χ0n) is 33.7. The second kappa shape index (κ2) is 14.3. The lowest BCUT2D eigenvalue weighted by molar-refractivity contribution is 0.660. The topological polar surface area (TPSA) is 11.4 Å². The first-order valence-electron chi connectivity index (χ1n) is 20.8. The van der Waals surface area contributed by atoms with Crippen molar-refractivity contribution < 1.29 is 0 Å². The molecule has 286 valence electrons. The van der Waals surface area contributed by atoms with Gasteiger partial charge in [-0.2, -0.15) is 0 Å². The van der Waals surface area contributed by atoms with Crippen LogP contribution in [0.4, 0.5) is 34.1 Å². The van der Waals surface area contributed by atoms with Crippen molar-refractivity contribution in [1.29, 1.82) is 0 Å². The maximum absolute atomic E-state index is 2.48. The van der Waals surface area contributed by atoms with E-state index in [1.54, 1.807) is 0 Å². The van der Waals surface area contributed by atoms with E-state index in [2.05, 4.69) is 253 Å². The number of hydrogen-bond acceptors (Lipinski definition) is 2. The Morgan fingerprint density at radius 2 is 0.900 bits per heavy atom. The van der Waals surface area contributed by atoms with Crippen molar-refractivity contribution >= 4 is 55.9 Å². The molecular formula is C57H43N3. The quantitative estimate of drug-likeness (QED) is 0.152. The number of rotatable bonds is 8. The third-order valence-corrected chi connectivity index (χ3v) is 12.3. The molecule has 3 nitrogen and oxygen atoms in total. The Bertz CT molecular complexity index is 3110. The molecule has 9 aromatic carbocycles. The first kappa shape index (κ1) is 35.5. The fourth-order valence-corrected chi connectivity index (χ4v) is 9.58. The zero-order valence-corrected chi connectivity index (χ0v) is 33.7. The number of anilines is 6. The van der Waals surface area contributed by atoms with E-state index in [0.29, 0.717) is 0 Å². The first-order valence-corrected chi connectivity index (χ1v) is 20.8. The molecule has 11 rings (SSSR count). The molecule has 1 aromatic heterocycles. The van der Waals surface area contributed by atoms with Crippen LogP contribution in [-0.2, 0) is 5.41 Å². The second-order valence-electron chi connectivity index (χ2n) is 16.2. The van der Waals surface area contributed by atoms with Gasteiger partial charge in [-0.15, -0.1) is 0 Å². The number of para-hydroxylation sites is 4. The molecule has 0 N–H and O–H groups in total. The molecule has 1 aliphatic carbocycles. The molecule has 0 unspecified atom stereocenters. The van der Waals surface area contributed by atoms with E-state index in [1.165, 1.54) is 44.2 Å². The van der Waals surface area contributed by atoms with Gasteiger partial charge in [0.25, 0.3) is 0 Å². The summed E-state index contributed by atoms with van der Waals surface area (Å²) < 4.78 is 2.46. The Kier molecular flexibility index (Phi) is 8.49. The number of hydrogen-bond donors (Lipinski definition) is 0. The van der Waals surface area contributed by atoms with E-state index in [0.717, 1.165) is 50.8 Å². The van der Waals surface area contributed by atoms with Crippen molar-refractivity contribution in [1.82, 2.24) is 4.57 Å². The minimum absolute atomic E-state index is 0.144. The zero-order chi connectivity index (χ0) is 40.2. The number of fused-ring (bicyclic) bond motifs is 6. The van der Waals surface area contributed by atoms with Gasteiger partial charge < -0.3 is 14.4 Å². The molecule has 60 heavy (non-hydrogen) atoms. The molecule has 10 aromatic rings. The maximum atomic E-state index is 2.48. The van der Waals surface area contributed by atoms with Gasteiger partial charge in [-0.1, -0.05) is 166 Å². The van der Waals surface area contributed by atoms with Crippen molar-refractivity contribution in [2.75, 3.05) is 9.80 Å². The molecule has 1 aliphatic rings. The van der Waals surface area contributed by atoms with E-state index in [1.807, 2.05) is 0 Å². The van der Waals surface area contributed by atoms with Crippen molar-refractivity contribution in [3.8, 4) is 27.9 Å². The highest BCUT2D eigenvalue weighted by Crippen LogP contribution is 2.55. The van der Waals surface area contributed by atoms with Gasteiger partial charge in [-0.25, -0.2) is 0 Å². The van der Waals surface area contributed by atoms with Crippen LogP contribution in [0.1, 0.15) is 25.0 Å². The van der Waals surface area contributed by atoms with Crippen LogP contribution in [0.25, 0.3) is 49.7 Å². The lowest BCUT2D eigenvalue weighted by Crippen LogP contribution is -2.16. The molecule has 0 fully saturated rings. The van der Waals surface area contributed by atoms with Crippen LogP contribution in [0.15, 0.2) is 224 Å². The van der Waals surface area contributed by atoms with Crippen LogP contribution in [0.3, 0.4) is 0 Å². The predicted molar refractivity (Wildman–Crippen MR) is 253 cm³/mol. The second-order valence-corrected chi connectivity index (χ2v) is 16.2. The lowest BCUT2D eigenvalue weighted by Gasteiger charge is -2.31. The third-order valence-electron chi connectivity index (χ3n) is 12.3. The molecular weight excluding hydrogens is 727 g/mol. The van der Waals surface area contributed by atoms with Gasteiger partial charge in [0.1, 0.15) is 0 Å². The van der Waals surface area contributed by atoms with Crippen molar-refractivity contribution in [3.05, 3.63) is 236 Å². The summed E-state index contributed by atoms with van der Waals surface area (Å²) in [4.78, 5) is 4.91. The summed E-state index contributed by atoms with van der Waals surface area (Å²) in [7, 11) is 0. The van der Waals surface area contributed by atoms with Crippen LogP contribution in [0, 0.1) is 0 Å². The van der Waals surface area contributed by atoms with Crippen LogP contribution in [-0.4, -0.2) is 4.57 Å². The summed E-state index contributed by atoms with van der Waals surface area (Å²) in [5.74, 6) is 0. The number of aromatic nitrogens is 1. The van der Waals surface area contributed by atoms with Crippen LogP contribution < -0.4 is 9.80 Å². The summed E-state index contributed by atoms with van der Waals surface area (Å²) >= 11 is 0. The van der Waals surface area contributed by atoms with Gasteiger partial charge >= 0.3 is 0 Å². The summed E-state index contributed by atoms with van der Waals surface area (Å²) in [6.07, 6.45) is 0. The average molecular weight is 770 g/mol. The minimum Gasteiger partial charge on any atom is -0.310 e. The Labute approximate surface area is 351 Å². The molecule has 0 spiro atoms. The van der Waals surface area contributed by atoms with Gasteiger partial charge in [-0.05, 0) is 101 Å². The fraction of sp³-hybridized carbons (Fsp3) is 0.0526. The van der Waals surface area contributed by atoms with Gasteiger partial charge in [0.2, 0.25) is 0 Å². The molecule has 0 atom stereocenters. The smallest absolute Gasteiger partial charge is 0.0583 e. The van der Waals surface area contributed by atoms with Gasteiger partial charge in [0, 0.05) is 44.5 Å². The van der Waals surface area contributed by atoms with Crippen LogP contribution >= 0.6 is 0 Å². The summed E-state index contributed by atoms with van der Waals surface area (Å²) in [6, 6.07) is 81.6. The molecule has 0 saturated carbocycles. The Balaban J connectivity index is 1.26. The van der Waals surface area contributed by atoms with E-state index in [9.17, 15) is 0 Å². The maximum Gasteiger partial charge on any atom is 0.0583 e. The van der Waals surface area contributed by atoms with Gasteiger partial charge in [-0.3, -0.25) is 0 Å². The highest BCUT2D eigenvalue weighted by atomic mass is 15.2. The summed E-state index contributed by atoms with van der Waals surface area (Å²) in [5.41, 5.74) is 17.5. The Hall–Kier alpha value is -7.62. The molecule has 0 aliphatic heterocycles. The molecule has 0 bridgehead atoms. The van der Waals surface area contributed by atoms with E-state index in [4.69, 9.17) is 0 Å². The predicted octanol–water partition coefficient (Wildman–Crippen LogP) is 15.7. The van der Waals surface area contributed by atoms with Gasteiger partial charge in [0.05, 0.1) is 28.1 Å². The molecule has 1 heterocycles. The van der Waals surface area contributed by atoms with Crippen molar-refractivity contribution in [2.45, 2.75) is 19.3 Å². The van der Waals surface area contributed by atoms with Crippen LogP contribution in [0.5, 0.6) is 0 Å². The van der Waals surface area contributed by atoms with Crippen molar-refractivity contribution in [2.24, 2.45) is 0 Å². The van der Waals surface area contributed by atoms with Crippen LogP contribution in [0.2, 0.25) is 0 Å².